The Balaban J connectivity index is 1.37. The second-order valence-corrected chi connectivity index (χ2v) is 8.08. The minimum absolute atomic E-state index is 0.150. The van der Waals surface area contributed by atoms with Gasteiger partial charge in [-0.3, -0.25) is 9.69 Å². The Hall–Kier alpha value is -2.37. The van der Waals surface area contributed by atoms with Gasteiger partial charge in [-0.05, 0) is 69.6 Å². The number of aryl methyl sites for hydroxylation is 1. The van der Waals surface area contributed by atoms with Crippen molar-refractivity contribution in [3.8, 4) is 0 Å². The number of fused-ring (bicyclic) bond motifs is 1. The maximum Gasteiger partial charge on any atom is 0.241 e. The lowest BCUT2D eigenvalue weighted by Crippen LogP contribution is -2.43. The van der Waals surface area contributed by atoms with Crippen LogP contribution in [-0.2, 0) is 4.79 Å². The van der Waals surface area contributed by atoms with Crippen LogP contribution in [0.2, 0.25) is 5.02 Å². The molecule has 0 radical (unpaired) electrons. The molecule has 1 aliphatic rings. The molecule has 0 unspecified atom stereocenters. The number of likely N-dealkylation sites (tertiary alicyclic amines) is 1. The molecule has 0 bridgehead atoms. The number of anilines is 1. The molecular formula is C23H26ClN3O2. The van der Waals surface area contributed by atoms with Gasteiger partial charge in [0.05, 0.1) is 6.54 Å². The summed E-state index contributed by atoms with van der Waals surface area (Å²) < 4.78 is 5.94. The van der Waals surface area contributed by atoms with Gasteiger partial charge in [-0.15, -0.1) is 0 Å². The van der Waals surface area contributed by atoms with E-state index < -0.39 is 0 Å². The monoisotopic (exact) mass is 411 g/mol. The van der Waals surface area contributed by atoms with E-state index in [-0.39, 0.29) is 11.8 Å². The molecule has 1 saturated heterocycles. The van der Waals surface area contributed by atoms with Gasteiger partial charge < -0.3 is 9.32 Å². The van der Waals surface area contributed by atoms with Crippen LogP contribution in [0, 0.1) is 6.92 Å². The molecule has 0 aliphatic carbocycles. The summed E-state index contributed by atoms with van der Waals surface area (Å²) in [7, 11) is 0. The average molecular weight is 412 g/mol. The number of amides is 1. The predicted octanol–water partition coefficient (Wildman–Crippen LogP) is 5.02. The Morgan fingerprint density at radius 2 is 2.00 bits per heavy atom. The van der Waals surface area contributed by atoms with Gasteiger partial charge in [0.1, 0.15) is 5.52 Å². The molecule has 4 rings (SSSR count). The van der Waals surface area contributed by atoms with Crippen molar-refractivity contribution in [3.63, 3.8) is 0 Å². The fraction of sp³-hybridized carbons (Fsp3) is 0.391. The zero-order valence-electron chi connectivity index (χ0n) is 16.9. The molecule has 1 fully saturated rings. The van der Waals surface area contributed by atoms with E-state index in [0.717, 1.165) is 54.2 Å². The minimum Gasteiger partial charge on any atom is -0.440 e. The molecule has 2 heterocycles. The standard InChI is InChI=1S/C23H26ClN3O2/c1-3-27(20-7-5-4-6-16(20)2)22(28)15-26-12-10-17(11-13-26)23-25-19-14-18(24)8-9-21(19)29-23/h4-9,14,17H,3,10-13,15H2,1-2H3. The Morgan fingerprint density at radius 3 is 2.72 bits per heavy atom. The zero-order chi connectivity index (χ0) is 20.4. The van der Waals surface area contributed by atoms with Crippen LogP contribution in [0.5, 0.6) is 0 Å². The number of piperidine rings is 1. The lowest BCUT2D eigenvalue weighted by Gasteiger charge is -2.32. The number of carbonyl (C=O) groups excluding carboxylic acids is 1. The van der Waals surface area contributed by atoms with E-state index in [1.807, 2.05) is 61.2 Å². The zero-order valence-corrected chi connectivity index (χ0v) is 17.7. The number of oxazole rings is 1. The Kier molecular flexibility index (Phi) is 5.88. The van der Waals surface area contributed by atoms with Gasteiger partial charge in [0, 0.05) is 23.2 Å². The number of aromatic nitrogens is 1. The number of nitrogens with zero attached hydrogens (tertiary/aromatic N) is 3. The maximum absolute atomic E-state index is 12.9. The highest BCUT2D eigenvalue weighted by atomic mass is 35.5. The Bertz CT molecular complexity index is 1010. The van der Waals surface area contributed by atoms with Crippen LogP contribution in [0.15, 0.2) is 46.9 Å². The summed E-state index contributed by atoms with van der Waals surface area (Å²) in [6.07, 6.45) is 1.87. The highest BCUT2D eigenvalue weighted by molar-refractivity contribution is 6.31. The van der Waals surface area contributed by atoms with E-state index in [4.69, 9.17) is 16.0 Å². The van der Waals surface area contributed by atoms with Crippen molar-refractivity contribution >= 4 is 34.3 Å². The summed E-state index contributed by atoms with van der Waals surface area (Å²) in [5.74, 6) is 1.21. The molecular weight excluding hydrogens is 386 g/mol. The first-order valence-corrected chi connectivity index (χ1v) is 10.6. The van der Waals surface area contributed by atoms with Gasteiger partial charge >= 0.3 is 0 Å². The van der Waals surface area contributed by atoms with Gasteiger partial charge in [-0.2, -0.15) is 0 Å². The van der Waals surface area contributed by atoms with E-state index >= 15 is 0 Å². The molecule has 1 amide bonds. The molecule has 0 saturated carbocycles. The smallest absolute Gasteiger partial charge is 0.241 e. The number of likely N-dealkylation sites (N-methyl/N-ethyl adjacent to an activating group) is 1. The third kappa shape index (κ3) is 4.31. The van der Waals surface area contributed by atoms with Crippen LogP contribution in [0.25, 0.3) is 11.1 Å². The normalized spacial score (nSPS) is 15.7. The molecule has 3 aromatic rings. The van der Waals surface area contributed by atoms with E-state index in [1.54, 1.807) is 0 Å². The summed E-state index contributed by atoms with van der Waals surface area (Å²) in [4.78, 5) is 21.7. The molecule has 1 aliphatic heterocycles. The lowest BCUT2D eigenvalue weighted by molar-refractivity contribution is -0.120. The predicted molar refractivity (Wildman–Crippen MR) is 117 cm³/mol. The van der Waals surface area contributed by atoms with Gasteiger partial charge in [0.2, 0.25) is 5.91 Å². The summed E-state index contributed by atoms with van der Waals surface area (Å²) in [6, 6.07) is 13.6. The van der Waals surface area contributed by atoms with Crippen molar-refractivity contribution < 1.29 is 9.21 Å². The molecule has 152 valence electrons. The van der Waals surface area contributed by atoms with Crippen LogP contribution >= 0.6 is 11.6 Å². The number of hydrogen-bond acceptors (Lipinski definition) is 4. The molecule has 0 spiro atoms. The summed E-state index contributed by atoms with van der Waals surface area (Å²) in [6.45, 7) is 6.91. The largest absolute Gasteiger partial charge is 0.440 e. The quantitative estimate of drug-likeness (QED) is 0.591. The van der Waals surface area contributed by atoms with Crippen LogP contribution in [0.1, 0.15) is 37.1 Å². The number of hydrogen-bond donors (Lipinski definition) is 0. The SMILES string of the molecule is CCN(C(=O)CN1CCC(c2nc3cc(Cl)ccc3o2)CC1)c1ccccc1C. The summed E-state index contributed by atoms with van der Waals surface area (Å²) in [5, 5.41) is 0.666. The number of benzene rings is 2. The molecule has 1 aromatic heterocycles. The topological polar surface area (TPSA) is 49.6 Å². The summed E-state index contributed by atoms with van der Waals surface area (Å²) >= 11 is 6.05. The van der Waals surface area contributed by atoms with Crippen molar-refractivity contribution in [3.05, 3.63) is 58.9 Å². The fourth-order valence-corrected chi connectivity index (χ4v) is 4.22. The molecule has 6 heteroatoms. The molecule has 0 N–H and O–H groups in total. The van der Waals surface area contributed by atoms with Crippen molar-refractivity contribution in [2.75, 3.05) is 31.1 Å². The first-order chi connectivity index (χ1) is 14.0. The molecule has 29 heavy (non-hydrogen) atoms. The number of para-hydroxylation sites is 1. The Morgan fingerprint density at radius 1 is 1.24 bits per heavy atom. The highest BCUT2D eigenvalue weighted by Gasteiger charge is 2.27. The van der Waals surface area contributed by atoms with Gasteiger partial charge in [-0.1, -0.05) is 29.8 Å². The van der Waals surface area contributed by atoms with Crippen LogP contribution in [0.3, 0.4) is 0 Å². The van der Waals surface area contributed by atoms with Crippen LogP contribution in [0.4, 0.5) is 5.69 Å². The van der Waals surface area contributed by atoms with Crippen molar-refractivity contribution in [2.24, 2.45) is 0 Å². The van der Waals surface area contributed by atoms with Crippen LogP contribution in [-0.4, -0.2) is 42.0 Å². The van der Waals surface area contributed by atoms with E-state index in [9.17, 15) is 4.79 Å². The second-order valence-electron chi connectivity index (χ2n) is 7.64. The number of halogens is 1. The lowest BCUT2D eigenvalue weighted by atomic mass is 9.97. The summed E-state index contributed by atoms with van der Waals surface area (Å²) in [5.41, 5.74) is 3.71. The second kappa shape index (κ2) is 8.56. The third-order valence-corrected chi connectivity index (χ3v) is 5.92. The Labute approximate surface area is 176 Å². The van der Waals surface area contributed by atoms with Crippen molar-refractivity contribution in [2.45, 2.75) is 32.6 Å². The molecule has 0 atom stereocenters. The first-order valence-electron chi connectivity index (χ1n) is 10.2. The third-order valence-electron chi connectivity index (χ3n) is 5.69. The first kappa shape index (κ1) is 19.9. The maximum atomic E-state index is 12.9. The number of rotatable bonds is 5. The number of carbonyl (C=O) groups is 1. The van der Waals surface area contributed by atoms with E-state index in [0.29, 0.717) is 18.1 Å². The average Bonchev–Trinajstić information content (AvgIpc) is 3.13. The van der Waals surface area contributed by atoms with Crippen molar-refractivity contribution in [1.82, 2.24) is 9.88 Å². The van der Waals surface area contributed by atoms with E-state index in [2.05, 4.69) is 9.88 Å². The molecule has 2 aromatic carbocycles. The van der Waals surface area contributed by atoms with Gasteiger partial charge in [0.25, 0.3) is 0 Å². The van der Waals surface area contributed by atoms with E-state index in [1.165, 1.54) is 0 Å². The van der Waals surface area contributed by atoms with Gasteiger partial charge in [-0.25, -0.2) is 4.98 Å². The highest BCUT2D eigenvalue weighted by Crippen LogP contribution is 2.31. The van der Waals surface area contributed by atoms with Crippen molar-refractivity contribution in [1.29, 1.82) is 0 Å². The van der Waals surface area contributed by atoms with Gasteiger partial charge in [0.15, 0.2) is 11.5 Å². The molecule has 5 nitrogen and oxygen atoms in total. The fourth-order valence-electron chi connectivity index (χ4n) is 4.06. The minimum atomic E-state index is 0.150. The van der Waals surface area contributed by atoms with Crippen LogP contribution < -0.4 is 4.90 Å².